The highest BCUT2D eigenvalue weighted by atomic mass is 79.9. The lowest BCUT2D eigenvalue weighted by Crippen LogP contribution is -2.41. The summed E-state index contributed by atoms with van der Waals surface area (Å²) in [5.74, 6) is 0.203. The maximum Gasteiger partial charge on any atom is 0.179 e. The van der Waals surface area contributed by atoms with Gasteiger partial charge in [-0.25, -0.2) is 8.42 Å². The van der Waals surface area contributed by atoms with Crippen LogP contribution in [-0.2, 0) is 9.84 Å². The van der Waals surface area contributed by atoms with E-state index in [-0.39, 0.29) is 11.8 Å². The van der Waals surface area contributed by atoms with E-state index in [1.165, 1.54) is 19.3 Å². The quantitative estimate of drug-likeness (QED) is 0.841. The standard InChI is InChI=1S/C14H20BrNO2S/c1-12(16-9-3-2-4-10-16)11-19(17,18)14-7-5-13(15)6-8-14/h5-8,12H,2-4,9-11H2,1H3/t12-/m0/s1. The lowest BCUT2D eigenvalue weighted by Gasteiger charge is -2.32. The predicted octanol–water partition coefficient (Wildman–Crippen LogP) is 3.10. The maximum absolute atomic E-state index is 12.4. The molecule has 1 aliphatic heterocycles. The molecule has 19 heavy (non-hydrogen) atoms. The number of likely N-dealkylation sites (tertiary alicyclic amines) is 1. The van der Waals surface area contributed by atoms with E-state index in [2.05, 4.69) is 20.8 Å². The zero-order valence-corrected chi connectivity index (χ0v) is 13.6. The number of halogens is 1. The number of sulfone groups is 1. The fraction of sp³-hybridized carbons (Fsp3) is 0.571. The Morgan fingerprint density at radius 3 is 2.32 bits per heavy atom. The molecule has 1 heterocycles. The fourth-order valence-corrected chi connectivity index (χ4v) is 4.37. The largest absolute Gasteiger partial charge is 0.300 e. The lowest BCUT2D eigenvalue weighted by atomic mass is 10.1. The molecule has 0 bridgehead atoms. The fourth-order valence-electron chi connectivity index (χ4n) is 2.52. The average Bonchev–Trinajstić information content (AvgIpc) is 2.40. The molecular weight excluding hydrogens is 326 g/mol. The Kier molecular flexibility index (Phi) is 5.03. The first kappa shape index (κ1) is 15.0. The number of hydrogen-bond acceptors (Lipinski definition) is 3. The van der Waals surface area contributed by atoms with E-state index in [9.17, 15) is 8.42 Å². The molecule has 0 radical (unpaired) electrons. The van der Waals surface area contributed by atoms with Gasteiger partial charge in [-0.3, -0.25) is 4.90 Å². The number of piperidine rings is 1. The first-order valence-corrected chi connectivity index (χ1v) is 9.16. The van der Waals surface area contributed by atoms with E-state index in [1.807, 2.05) is 6.92 Å². The van der Waals surface area contributed by atoms with Gasteiger partial charge in [0.05, 0.1) is 10.6 Å². The van der Waals surface area contributed by atoms with Crippen LogP contribution in [0.1, 0.15) is 26.2 Å². The van der Waals surface area contributed by atoms with Crippen LogP contribution >= 0.6 is 15.9 Å². The summed E-state index contributed by atoms with van der Waals surface area (Å²) in [6, 6.07) is 6.98. The Labute approximate surface area is 124 Å². The molecule has 1 atom stereocenters. The molecular formula is C14H20BrNO2S. The van der Waals surface area contributed by atoms with Crippen LogP contribution in [0.25, 0.3) is 0 Å². The molecule has 1 saturated heterocycles. The van der Waals surface area contributed by atoms with Gasteiger partial charge in [-0.05, 0) is 57.1 Å². The zero-order valence-electron chi connectivity index (χ0n) is 11.2. The van der Waals surface area contributed by atoms with Gasteiger partial charge in [-0.15, -0.1) is 0 Å². The molecule has 0 aliphatic carbocycles. The molecule has 5 heteroatoms. The summed E-state index contributed by atoms with van der Waals surface area (Å²) in [6.45, 7) is 4.07. The van der Waals surface area contributed by atoms with Crippen molar-refractivity contribution in [3.63, 3.8) is 0 Å². The van der Waals surface area contributed by atoms with Crippen molar-refractivity contribution in [3.05, 3.63) is 28.7 Å². The molecule has 0 aromatic heterocycles. The number of hydrogen-bond donors (Lipinski definition) is 0. The number of rotatable bonds is 4. The minimum atomic E-state index is -3.19. The van der Waals surface area contributed by atoms with Crippen molar-refractivity contribution in [2.24, 2.45) is 0 Å². The van der Waals surface area contributed by atoms with Gasteiger partial charge in [0.1, 0.15) is 0 Å². The van der Waals surface area contributed by atoms with Crippen molar-refractivity contribution in [3.8, 4) is 0 Å². The third kappa shape index (κ3) is 4.04. The van der Waals surface area contributed by atoms with Crippen LogP contribution in [0.3, 0.4) is 0 Å². The highest BCUT2D eigenvalue weighted by molar-refractivity contribution is 9.10. The predicted molar refractivity (Wildman–Crippen MR) is 81.1 cm³/mol. The summed E-state index contributed by atoms with van der Waals surface area (Å²) < 4.78 is 25.6. The normalized spacial score (nSPS) is 19.3. The second-order valence-corrected chi connectivity index (χ2v) is 8.13. The average molecular weight is 346 g/mol. The minimum Gasteiger partial charge on any atom is -0.300 e. The topological polar surface area (TPSA) is 37.4 Å². The maximum atomic E-state index is 12.4. The van der Waals surface area contributed by atoms with Crippen LogP contribution in [0, 0.1) is 0 Å². The molecule has 106 valence electrons. The Morgan fingerprint density at radius 1 is 1.16 bits per heavy atom. The second-order valence-electron chi connectivity index (χ2n) is 5.18. The van der Waals surface area contributed by atoms with Crippen LogP contribution in [0.4, 0.5) is 0 Å². The van der Waals surface area contributed by atoms with Crippen molar-refractivity contribution in [1.29, 1.82) is 0 Å². The highest BCUT2D eigenvalue weighted by Gasteiger charge is 2.23. The second kappa shape index (κ2) is 6.37. The first-order valence-electron chi connectivity index (χ1n) is 6.71. The molecule has 1 aliphatic rings. The molecule has 0 saturated carbocycles. The highest BCUT2D eigenvalue weighted by Crippen LogP contribution is 2.19. The molecule has 0 spiro atoms. The molecule has 0 amide bonds. The van der Waals surface area contributed by atoms with Gasteiger partial charge < -0.3 is 0 Å². The SMILES string of the molecule is C[C@@H](CS(=O)(=O)c1ccc(Br)cc1)N1CCCCC1. The summed E-state index contributed by atoms with van der Waals surface area (Å²) >= 11 is 3.32. The van der Waals surface area contributed by atoms with Crippen molar-refractivity contribution in [1.82, 2.24) is 4.90 Å². The molecule has 0 unspecified atom stereocenters. The molecule has 3 nitrogen and oxygen atoms in total. The van der Waals surface area contributed by atoms with E-state index < -0.39 is 9.84 Å². The van der Waals surface area contributed by atoms with Gasteiger partial charge in [0.15, 0.2) is 9.84 Å². The molecule has 2 rings (SSSR count). The van der Waals surface area contributed by atoms with Gasteiger partial charge in [-0.2, -0.15) is 0 Å². The van der Waals surface area contributed by atoms with Crippen molar-refractivity contribution in [2.75, 3.05) is 18.8 Å². The van der Waals surface area contributed by atoms with Crippen LogP contribution in [0.2, 0.25) is 0 Å². The minimum absolute atomic E-state index is 0.0916. The van der Waals surface area contributed by atoms with Crippen LogP contribution in [0.15, 0.2) is 33.6 Å². The van der Waals surface area contributed by atoms with E-state index in [1.54, 1.807) is 24.3 Å². The van der Waals surface area contributed by atoms with Gasteiger partial charge >= 0.3 is 0 Å². The Balaban J connectivity index is 2.05. The molecule has 1 aromatic carbocycles. The Morgan fingerprint density at radius 2 is 1.74 bits per heavy atom. The van der Waals surface area contributed by atoms with Crippen LogP contribution < -0.4 is 0 Å². The van der Waals surface area contributed by atoms with Gasteiger partial charge in [0.2, 0.25) is 0 Å². The summed E-state index contributed by atoms with van der Waals surface area (Å²) in [4.78, 5) is 2.71. The third-order valence-corrected chi connectivity index (χ3v) is 6.09. The van der Waals surface area contributed by atoms with E-state index in [0.29, 0.717) is 4.90 Å². The van der Waals surface area contributed by atoms with Crippen molar-refractivity contribution >= 4 is 25.8 Å². The summed E-state index contributed by atoms with van der Waals surface area (Å²) in [5.41, 5.74) is 0. The van der Waals surface area contributed by atoms with Gasteiger partial charge in [0, 0.05) is 10.5 Å². The summed E-state index contributed by atoms with van der Waals surface area (Å²) in [5, 5.41) is 0. The van der Waals surface area contributed by atoms with E-state index in [0.717, 1.165) is 17.6 Å². The van der Waals surface area contributed by atoms with Crippen molar-refractivity contribution in [2.45, 2.75) is 37.1 Å². The third-order valence-electron chi connectivity index (χ3n) is 3.65. The molecule has 1 aromatic rings. The Bertz CT molecular complexity index is 507. The van der Waals surface area contributed by atoms with Crippen LogP contribution in [-0.4, -0.2) is 38.2 Å². The van der Waals surface area contributed by atoms with E-state index >= 15 is 0 Å². The zero-order chi connectivity index (χ0) is 13.9. The number of nitrogens with zero attached hydrogens (tertiary/aromatic N) is 1. The number of benzene rings is 1. The van der Waals surface area contributed by atoms with Gasteiger partial charge in [-0.1, -0.05) is 22.4 Å². The lowest BCUT2D eigenvalue weighted by molar-refractivity contribution is 0.186. The Hall–Kier alpha value is -0.390. The first-order chi connectivity index (χ1) is 8.99. The van der Waals surface area contributed by atoms with E-state index in [4.69, 9.17) is 0 Å². The van der Waals surface area contributed by atoms with Crippen LogP contribution in [0.5, 0.6) is 0 Å². The van der Waals surface area contributed by atoms with Crippen molar-refractivity contribution < 1.29 is 8.42 Å². The summed E-state index contributed by atoms with van der Waals surface area (Å²) in [7, 11) is -3.19. The molecule has 0 N–H and O–H groups in total. The monoisotopic (exact) mass is 345 g/mol. The molecule has 1 fully saturated rings. The smallest absolute Gasteiger partial charge is 0.179 e. The van der Waals surface area contributed by atoms with Gasteiger partial charge in [0.25, 0.3) is 0 Å². The summed E-state index contributed by atoms with van der Waals surface area (Å²) in [6.07, 6.45) is 3.63.